The average Bonchev–Trinajstić information content (AvgIpc) is 3.03. The molecule has 0 radical (unpaired) electrons. The standard InChI is InChI=1S/C31H34ClN3O/c1-21(36)34-19-26-16-25-17-28(33-18-24-14-8-9-15-27(24)32)31(35(26)29(25)20-34)30(22-10-4-2-5-11-22)23-12-6-3-7-13-23/h2-15,25-26,28-31,33H,16-20H2,1H3. The fraction of sp³-hybridized carbons (Fsp3) is 0.387. The van der Waals surface area contributed by atoms with Crippen molar-refractivity contribution in [1.82, 2.24) is 15.1 Å². The third kappa shape index (κ3) is 4.36. The molecule has 4 bridgehead atoms. The molecule has 0 aliphatic carbocycles. The summed E-state index contributed by atoms with van der Waals surface area (Å²) in [5.74, 6) is 1.05. The fourth-order valence-corrected chi connectivity index (χ4v) is 7.36. The van der Waals surface area contributed by atoms with Gasteiger partial charge in [-0.1, -0.05) is 90.5 Å². The zero-order chi connectivity index (χ0) is 24.6. The van der Waals surface area contributed by atoms with Gasteiger partial charge in [0.05, 0.1) is 0 Å². The number of carbonyl (C=O) groups excluding carboxylic acids is 1. The zero-order valence-electron chi connectivity index (χ0n) is 20.8. The molecule has 0 spiro atoms. The molecule has 3 fully saturated rings. The van der Waals surface area contributed by atoms with Crippen molar-refractivity contribution in [2.75, 3.05) is 13.1 Å². The number of piperazine rings is 1. The number of amides is 1. The summed E-state index contributed by atoms with van der Waals surface area (Å²) in [6.07, 6.45) is 2.29. The van der Waals surface area contributed by atoms with E-state index in [1.807, 2.05) is 12.1 Å². The molecule has 0 aromatic heterocycles. The van der Waals surface area contributed by atoms with Crippen LogP contribution in [0.25, 0.3) is 0 Å². The van der Waals surface area contributed by atoms with Crippen molar-refractivity contribution in [1.29, 1.82) is 0 Å². The lowest BCUT2D eigenvalue weighted by molar-refractivity contribution is -0.134. The van der Waals surface area contributed by atoms with E-state index in [1.165, 1.54) is 17.5 Å². The van der Waals surface area contributed by atoms with Gasteiger partial charge in [0.15, 0.2) is 0 Å². The van der Waals surface area contributed by atoms with Crippen molar-refractivity contribution in [2.24, 2.45) is 5.92 Å². The van der Waals surface area contributed by atoms with Crippen molar-refractivity contribution in [3.63, 3.8) is 0 Å². The van der Waals surface area contributed by atoms with E-state index >= 15 is 0 Å². The predicted molar refractivity (Wildman–Crippen MR) is 145 cm³/mol. The molecule has 0 saturated carbocycles. The van der Waals surface area contributed by atoms with Crippen LogP contribution in [-0.4, -0.2) is 53.0 Å². The van der Waals surface area contributed by atoms with E-state index in [2.05, 4.69) is 87.9 Å². The minimum absolute atomic E-state index is 0.207. The number of likely N-dealkylation sites (tertiary alicyclic amines) is 1. The molecule has 186 valence electrons. The van der Waals surface area contributed by atoms with Crippen LogP contribution in [0.1, 0.15) is 42.4 Å². The summed E-state index contributed by atoms with van der Waals surface area (Å²) >= 11 is 6.54. The van der Waals surface area contributed by atoms with Gasteiger partial charge < -0.3 is 10.2 Å². The highest BCUT2D eigenvalue weighted by Crippen LogP contribution is 2.49. The number of nitrogens with one attached hydrogen (secondary N) is 1. The molecule has 6 rings (SSSR count). The number of rotatable bonds is 6. The largest absolute Gasteiger partial charge is 0.340 e. The Labute approximate surface area is 219 Å². The van der Waals surface area contributed by atoms with Crippen LogP contribution in [0.3, 0.4) is 0 Å². The Balaban J connectivity index is 1.40. The fourth-order valence-electron chi connectivity index (χ4n) is 7.16. The van der Waals surface area contributed by atoms with Gasteiger partial charge in [-0.2, -0.15) is 0 Å². The first-order valence-corrected chi connectivity index (χ1v) is 13.6. The molecule has 4 nitrogen and oxygen atoms in total. The molecule has 1 amide bonds. The lowest BCUT2D eigenvalue weighted by atomic mass is 9.75. The second-order valence-electron chi connectivity index (χ2n) is 10.7. The molecule has 5 heteroatoms. The quantitative estimate of drug-likeness (QED) is 0.498. The molecule has 6 atom stereocenters. The normalized spacial score (nSPS) is 28.9. The maximum Gasteiger partial charge on any atom is 0.219 e. The van der Waals surface area contributed by atoms with E-state index in [1.54, 1.807) is 6.92 Å². The van der Waals surface area contributed by atoms with Crippen LogP contribution >= 0.6 is 11.6 Å². The molecule has 3 heterocycles. The van der Waals surface area contributed by atoms with Gasteiger partial charge in [-0.15, -0.1) is 0 Å². The molecule has 3 aliphatic heterocycles. The second-order valence-corrected chi connectivity index (χ2v) is 11.1. The molecule has 3 saturated heterocycles. The lowest BCUT2D eigenvalue weighted by Gasteiger charge is -2.53. The summed E-state index contributed by atoms with van der Waals surface area (Å²) in [6, 6.07) is 31.5. The van der Waals surface area contributed by atoms with Gasteiger partial charge >= 0.3 is 0 Å². The van der Waals surface area contributed by atoms with E-state index < -0.39 is 0 Å². The number of carbonyl (C=O) groups is 1. The van der Waals surface area contributed by atoms with Crippen LogP contribution in [0.4, 0.5) is 0 Å². The van der Waals surface area contributed by atoms with Crippen LogP contribution in [0.2, 0.25) is 5.02 Å². The Morgan fingerprint density at radius 3 is 2.19 bits per heavy atom. The zero-order valence-corrected chi connectivity index (χ0v) is 21.5. The molecule has 3 aromatic rings. The van der Waals surface area contributed by atoms with Gasteiger partial charge in [0.1, 0.15) is 0 Å². The van der Waals surface area contributed by atoms with Crippen molar-refractivity contribution in [3.8, 4) is 0 Å². The number of hydrogen-bond acceptors (Lipinski definition) is 3. The van der Waals surface area contributed by atoms with Crippen LogP contribution < -0.4 is 5.32 Å². The Bertz CT molecular complexity index is 1160. The van der Waals surface area contributed by atoms with Gasteiger partial charge in [0.2, 0.25) is 5.91 Å². The van der Waals surface area contributed by atoms with Crippen LogP contribution in [0.5, 0.6) is 0 Å². The number of hydrogen-bond donors (Lipinski definition) is 1. The average molecular weight is 500 g/mol. The topological polar surface area (TPSA) is 35.6 Å². The summed E-state index contributed by atoms with van der Waals surface area (Å²) in [7, 11) is 0. The van der Waals surface area contributed by atoms with E-state index in [9.17, 15) is 4.79 Å². The monoisotopic (exact) mass is 499 g/mol. The first-order valence-electron chi connectivity index (χ1n) is 13.2. The summed E-state index contributed by atoms with van der Waals surface area (Å²) < 4.78 is 0. The smallest absolute Gasteiger partial charge is 0.219 e. The minimum Gasteiger partial charge on any atom is -0.340 e. The molecular formula is C31H34ClN3O. The molecule has 3 aliphatic rings. The Hall–Kier alpha value is -2.66. The van der Waals surface area contributed by atoms with Crippen molar-refractivity contribution < 1.29 is 4.79 Å². The molecular weight excluding hydrogens is 466 g/mol. The van der Waals surface area contributed by atoms with Crippen LogP contribution in [0.15, 0.2) is 84.9 Å². The summed E-state index contributed by atoms with van der Waals surface area (Å²) in [6.45, 7) is 4.16. The van der Waals surface area contributed by atoms with Crippen molar-refractivity contribution in [2.45, 2.75) is 56.4 Å². The third-order valence-corrected chi connectivity index (χ3v) is 9.06. The first kappa shape index (κ1) is 23.7. The van der Waals surface area contributed by atoms with Gasteiger partial charge in [-0.3, -0.25) is 9.69 Å². The third-order valence-electron chi connectivity index (χ3n) is 8.69. The van der Waals surface area contributed by atoms with Crippen molar-refractivity contribution >= 4 is 17.5 Å². The van der Waals surface area contributed by atoms with E-state index in [0.29, 0.717) is 30.1 Å². The molecule has 6 unspecified atom stereocenters. The summed E-state index contributed by atoms with van der Waals surface area (Å²) in [4.78, 5) is 17.2. The lowest BCUT2D eigenvalue weighted by Crippen LogP contribution is -2.66. The van der Waals surface area contributed by atoms with E-state index in [4.69, 9.17) is 11.6 Å². The van der Waals surface area contributed by atoms with Gasteiger partial charge in [0.25, 0.3) is 0 Å². The Morgan fingerprint density at radius 1 is 0.917 bits per heavy atom. The number of benzene rings is 3. The van der Waals surface area contributed by atoms with Gasteiger partial charge in [-0.25, -0.2) is 0 Å². The molecule has 3 aromatic carbocycles. The SMILES string of the molecule is CC(=O)N1CC2CC3CC(NCc4ccccc4Cl)C(C(c4ccccc4)c4ccccc4)N2C3C1. The Morgan fingerprint density at radius 2 is 1.56 bits per heavy atom. The van der Waals surface area contributed by atoms with Gasteiger partial charge in [-0.05, 0) is 41.5 Å². The number of piperidine rings is 1. The van der Waals surface area contributed by atoms with Crippen LogP contribution in [0, 0.1) is 5.92 Å². The summed E-state index contributed by atoms with van der Waals surface area (Å²) in [5.41, 5.74) is 3.85. The van der Waals surface area contributed by atoms with Gasteiger partial charge in [0, 0.05) is 61.7 Å². The second kappa shape index (κ2) is 10.0. The van der Waals surface area contributed by atoms with Crippen molar-refractivity contribution in [3.05, 3.63) is 107 Å². The van der Waals surface area contributed by atoms with Crippen LogP contribution in [-0.2, 0) is 11.3 Å². The number of nitrogens with zero attached hydrogens (tertiary/aromatic N) is 2. The maximum absolute atomic E-state index is 12.3. The highest BCUT2D eigenvalue weighted by molar-refractivity contribution is 6.31. The number of halogens is 1. The minimum atomic E-state index is 0.207. The predicted octanol–water partition coefficient (Wildman–Crippen LogP) is 5.32. The first-order chi connectivity index (χ1) is 17.6. The molecule has 1 N–H and O–H groups in total. The Kier molecular flexibility index (Phi) is 6.59. The summed E-state index contributed by atoms with van der Waals surface area (Å²) in [5, 5.41) is 4.78. The highest BCUT2D eigenvalue weighted by Gasteiger charge is 2.56. The van der Waals surface area contributed by atoms with E-state index in [0.717, 1.165) is 36.6 Å². The molecule has 36 heavy (non-hydrogen) atoms. The maximum atomic E-state index is 12.3. The van der Waals surface area contributed by atoms with E-state index in [-0.39, 0.29) is 11.8 Å². The highest BCUT2D eigenvalue weighted by atomic mass is 35.5.